The molecular formula is C15H23N3O3S. The van der Waals surface area contributed by atoms with Gasteiger partial charge in [0.05, 0.1) is 31.0 Å². The van der Waals surface area contributed by atoms with Crippen molar-refractivity contribution in [2.45, 2.75) is 19.4 Å². The van der Waals surface area contributed by atoms with Gasteiger partial charge in [-0.25, -0.2) is 4.98 Å². The van der Waals surface area contributed by atoms with Crippen LogP contribution < -0.4 is 5.32 Å². The number of aromatic nitrogens is 1. The number of amides is 1. The van der Waals surface area contributed by atoms with E-state index in [2.05, 4.69) is 15.2 Å². The molecule has 0 bridgehead atoms. The number of thiazole rings is 1. The third kappa shape index (κ3) is 3.65. The molecule has 3 rings (SSSR count). The molecule has 0 radical (unpaired) electrons. The second-order valence-electron chi connectivity index (χ2n) is 5.82. The molecule has 7 heteroatoms. The molecule has 3 heterocycles. The number of rotatable bonds is 5. The molecule has 122 valence electrons. The van der Waals surface area contributed by atoms with E-state index in [0.29, 0.717) is 23.4 Å². The maximum Gasteiger partial charge on any atom is 0.263 e. The third-order valence-corrected chi connectivity index (χ3v) is 5.37. The minimum absolute atomic E-state index is 0.0165. The minimum atomic E-state index is -0.0165. The molecule has 0 aliphatic carbocycles. The normalized spacial score (nSPS) is 24.3. The summed E-state index contributed by atoms with van der Waals surface area (Å²) >= 11 is 1.40. The fraction of sp³-hybridized carbons (Fsp3) is 0.733. The van der Waals surface area contributed by atoms with Gasteiger partial charge in [-0.05, 0) is 13.3 Å². The van der Waals surface area contributed by atoms with Gasteiger partial charge in [0.2, 0.25) is 0 Å². The highest BCUT2D eigenvalue weighted by Crippen LogP contribution is 2.22. The van der Waals surface area contributed by atoms with Gasteiger partial charge in [-0.2, -0.15) is 0 Å². The molecular weight excluding hydrogens is 302 g/mol. The second kappa shape index (κ2) is 7.50. The molecule has 2 saturated heterocycles. The SMILES string of the molecule is Cc1ncsc1C(=O)NCC(C1CCOC1)N1CCOCC1. The van der Waals surface area contributed by atoms with Crippen molar-refractivity contribution in [3.63, 3.8) is 0 Å². The van der Waals surface area contributed by atoms with Crippen LogP contribution in [0, 0.1) is 12.8 Å². The molecule has 2 aliphatic heterocycles. The molecule has 0 spiro atoms. The molecule has 6 nitrogen and oxygen atoms in total. The number of morpholine rings is 1. The zero-order valence-electron chi connectivity index (χ0n) is 12.9. The topological polar surface area (TPSA) is 63.7 Å². The van der Waals surface area contributed by atoms with Gasteiger partial charge < -0.3 is 14.8 Å². The van der Waals surface area contributed by atoms with Gasteiger partial charge in [0, 0.05) is 38.2 Å². The first kappa shape index (κ1) is 15.9. The molecule has 1 aromatic heterocycles. The van der Waals surface area contributed by atoms with Crippen LogP contribution in [0.1, 0.15) is 21.8 Å². The fourth-order valence-corrected chi connectivity index (χ4v) is 3.88. The van der Waals surface area contributed by atoms with Crippen LogP contribution in [-0.2, 0) is 9.47 Å². The molecule has 2 atom stereocenters. The summed E-state index contributed by atoms with van der Waals surface area (Å²) in [6.07, 6.45) is 1.07. The molecule has 1 aromatic rings. The maximum absolute atomic E-state index is 12.3. The molecule has 0 saturated carbocycles. The van der Waals surface area contributed by atoms with Crippen molar-refractivity contribution in [3.8, 4) is 0 Å². The van der Waals surface area contributed by atoms with E-state index in [1.165, 1.54) is 11.3 Å². The van der Waals surface area contributed by atoms with E-state index < -0.39 is 0 Å². The molecule has 2 aliphatic rings. The minimum Gasteiger partial charge on any atom is -0.381 e. The average Bonchev–Trinajstić information content (AvgIpc) is 3.20. The summed E-state index contributed by atoms with van der Waals surface area (Å²) < 4.78 is 11.0. The predicted molar refractivity (Wildman–Crippen MR) is 84.3 cm³/mol. The lowest BCUT2D eigenvalue weighted by Crippen LogP contribution is -2.52. The molecule has 1 N–H and O–H groups in total. The Labute approximate surface area is 134 Å². The summed E-state index contributed by atoms with van der Waals surface area (Å²) in [7, 11) is 0. The van der Waals surface area contributed by atoms with Crippen LogP contribution in [0.3, 0.4) is 0 Å². The first-order valence-corrected chi connectivity index (χ1v) is 8.71. The van der Waals surface area contributed by atoms with Crippen LogP contribution in [0.25, 0.3) is 0 Å². The van der Waals surface area contributed by atoms with Gasteiger partial charge in [0.15, 0.2) is 0 Å². The molecule has 2 unspecified atom stereocenters. The highest BCUT2D eigenvalue weighted by atomic mass is 32.1. The van der Waals surface area contributed by atoms with Crippen molar-refractivity contribution >= 4 is 17.2 Å². The summed E-state index contributed by atoms with van der Waals surface area (Å²) in [4.78, 5) is 19.6. The summed E-state index contributed by atoms with van der Waals surface area (Å²) in [5.41, 5.74) is 2.52. The highest BCUT2D eigenvalue weighted by molar-refractivity contribution is 7.11. The summed E-state index contributed by atoms with van der Waals surface area (Å²) in [6, 6.07) is 0.323. The van der Waals surface area contributed by atoms with Crippen LogP contribution in [0.4, 0.5) is 0 Å². The Bertz CT molecular complexity index is 496. The number of nitrogens with one attached hydrogen (secondary N) is 1. The zero-order valence-corrected chi connectivity index (χ0v) is 13.7. The van der Waals surface area contributed by atoms with Crippen molar-refractivity contribution in [1.29, 1.82) is 0 Å². The number of carbonyl (C=O) groups excluding carboxylic acids is 1. The van der Waals surface area contributed by atoms with E-state index in [1.54, 1.807) is 5.51 Å². The standard InChI is InChI=1S/C15H23N3O3S/c1-11-14(22-10-17-11)15(19)16-8-13(12-2-5-21-9-12)18-3-6-20-7-4-18/h10,12-13H,2-9H2,1H3,(H,16,19). The summed E-state index contributed by atoms with van der Waals surface area (Å²) in [5.74, 6) is 0.470. The smallest absolute Gasteiger partial charge is 0.263 e. The fourth-order valence-electron chi connectivity index (χ4n) is 3.16. The van der Waals surface area contributed by atoms with Gasteiger partial charge in [-0.15, -0.1) is 11.3 Å². The van der Waals surface area contributed by atoms with Crippen molar-refractivity contribution in [3.05, 3.63) is 16.1 Å². The molecule has 0 aromatic carbocycles. The van der Waals surface area contributed by atoms with Crippen LogP contribution in [0.5, 0.6) is 0 Å². The number of aryl methyl sites for hydroxylation is 1. The summed E-state index contributed by atoms with van der Waals surface area (Å²) in [6.45, 7) is 7.54. The first-order chi connectivity index (χ1) is 10.8. The van der Waals surface area contributed by atoms with E-state index in [0.717, 1.165) is 51.6 Å². The highest BCUT2D eigenvalue weighted by Gasteiger charge is 2.32. The number of hydrogen-bond donors (Lipinski definition) is 1. The Morgan fingerprint density at radius 3 is 2.91 bits per heavy atom. The Kier molecular flexibility index (Phi) is 5.41. The van der Waals surface area contributed by atoms with Gasteiger partial charge in [0.25, 0.3) is 5.91 Å². The van der Waals surface area contributed by atoms with E-state index >= 15 is 0 Å². The number of hydrogen-bond acceptors (Lipinski definition) is 6. The quantitative estimate of drug-likeness (QED) is 0.872. The van der Waals surface area contributed by atoms with Crippen LogP contribution in [0.2, 0.25) is 0 Å². The second-order valence-corrected chi connectivity index (χ2v) is 6.67. The van der Waals surface area contributed by atoms with Crippen LogP contribution in [0.15, 0.2) is 5.51 Å². The average molecular weight is 325 g/mol. The Morgan fingerprint density at radius 1 is 1.45 bits per heavy atom. The molecule has 22 heavy (non-hydrogen) atoms. The Balaban J connectivity index is 1.62. The maximum atomic E-state index is 12.3. The first-order valence-electron chi connectivity index (χ1n) is 7.83. The lowest BCUT2D eigenvalue weighted by atomic mass is 9.97. The number of carbonyl (C=O) groups is 1. The van der Waals surface area contributed by atoms with E-state index in [9.17, 15) is 4.79 Å². The largest absolute Gasteiger partial charge is 0.381 e. The Hall–Kier alpha value is -1.02. The lowest BCUT2D eigenvalue weighted by molar-refractivity contribution is 0.00167. The van der Waals surface area contributed by atoms with E-state index in [-0.39, 0.29) is 5.91 Å². The summed E-state index contributed by atoms with van der Waals surface area (Å²) in [5, 5.41) is 3.09. The Morgan fingerprint density at radius 2 is 2.27 bits per heavy atom. The van der Waals surface area contributed by atoms with E-state index in [4.69, 9.17) is 9.47 Å². The van der Waals surface area contributed by atoms with Crippen molar-refractivity contribution in [2.75, 3.05) is 46.1 Å². The van der Waals surface area contributed by atoms with Gasteiger partial charge in [-0.1, -0.05) is 0 Å². The van der Waals surface area contributed by atoms with Gasteiger partial charge in [0.1, 0.15) is 4.88 Å². The zero-order chi connectivity index (χ0) is 15.4. The van der Waals surface area contributed by atoms with Gasteiger partial charge >= 0.3 is 0 Å². The number of nitrogens with zero attached hydrogens (tertiary/aromatic N) is 2. The van der Waals surface area contributed by atoms with Crippen LogP contribution in [-0.4, -0.2) is 67.9 Å². The van der Waals surface area contributed by atoms with Crippen LogP contribution >= 0.6 is 11.3 Å². The molecule has 2 fully saturated rings. The lowest BCUT2D eigenvalue weighted by Gasteiger charge is -2.37. The third-order valence-electron chi connectivity index (χ3n) is 4.45. The van der Waals surface area contributed by atoms with Gasteiger partial charge in [-0.3, -0.25) is 9.69 Å². The van der Waals surface area contributed by atoms with Crippen molar-refractivity contribution < 1.29 is 14.3 Å². The molecule has 1 amide bonds. The van der Waals surface area contributed by atoms with Crippen molar-refractivity contribution in [1.82, 2.24) is 15.2 Å². The predicted octanol–water partition coefficient (Wildman–Crippen LogP) is 0.919. The van der Waals surface area contributed by atoms with Crippen molar-refractivity contribution in [2.24, 2.45) is 5.92 Å². The monoisotopic (exact) mass is 325 g/mol. The number of ether oxygens (including phenoxy) is 2. The van der Waals surface area contributed by atoms with E-state index in [1.807, 2.05) is 6.92 Å².